The summed E-state index contributed by atoms with van der Waals surface area (Å²) in [6.07, 6.45) is 1.29. The molecule has 5 nitrogen and oxygen atoms in total. The summed E-state index contributed by atoms with van der Waals surface area (Å²) < 4.78 is 16.1. The predicted octanol–water partition coefficient (Wildman–Crippen LogP) is 2.14. The van der Waals surface area contributed by atoms with Crippen LogP contribution in [0.1, 0.15) is 18.9 Å². The lowest BCUT2D eigenvalue weighted by atomic mass is 10.1. The largest absolute Gasteiger partial charge is 0.493 e. The minimum atomic E-state index is 0.642. The van der Waals surface area contributed by atoms with Crippen molar-refractivity contribution in [2.24, 2.45) is 5.92 Å². The molecule has 0 aromatic heterocycles. The highest BCUT2D eigenvalue weighted by atomic mass is 16.5. The molecule has 5 heteroatoms. The highest BCUT2D eigenvalue weighted by Crippen LogP contribution is 2.38. The fourth-order valence-electron chi connectivity index (χ4n) is 3.02. The van der Waals surface area contributed by atoms with E-state index >= 15 is 0 Å². The molecule has 0 radical (unpaired) electrons. The summed E-state index contributed by atoms with van der Waals surface area (Å²) in [5, 5.41) is 3.55. The normalized spacial score (nSPS) is 18.5. The van der Waals surface area contributed by atoms with Crippen molar-refractivity contribution in [2.75, 3.05) is 47.5 Å². The molecule has 1 aliphatic rings. The SMILES string of the molecule is CCN1CCC(CNCc2cc(OC)c(OC)c(OC)c2)C1. The summed E-state index contributed by atoms with van der Waals surface area (Å²) >= 11 is 0. The molecule has 1 saturated heterocycles. The maximum Gasteiger partial charge on any atom is 0.203 e. The lowest BCUT2D eigenvalue weighted by molar-refractivity contribution is 0.323. The molecule has 1 atom stereocenters. The van der Waals surface area contributed by atoms with E-state index in [9.17, 15) is 0 Å². The Kier molecular flexibility index (Phi) is 6.34. The molecule has 1 fully saturated rings. The average molecular weight is 308 g/mol. The Morgan fingerprint density at radius 3 is 2.32 bits per heavy atom. The highest BCUT2D eigenvalue weighted by Gasteiger charge is 2.20. The van der Waals surface area contributed by atoms with E-state index in [1.165, 1.54) is 19.5 Å². The van der Waals surface area contributed by atoms with E-state index in [0.717, 1.165) is 31.1 Å². The van der Waals surface area contributed by atoms with E-state index in [2.05, 4.69) is 17.1 Å². The number of methoxy groups -OCH3 is 3. The van der Waals surface area contributed by atoms with Gasteiger partial charge in [0.15, 0.2) is 11.5 Å². The summed E-state index contributed by atoms with van der Waals surface area (Å²) in [4.78, 5) is 2.51. The number of hydrogen-bond donors (Lipinski definition) is 1. The zero-order valence-corrected chi connectivity index (χ0v) is 14.1. The Bertz CT molecular complexity index is 454. The lowest BCUT2D eigenvalue weighted by Gasteiger charge is -2.16. The number of hydrogen-bond acceptors (Lipinski definition) is 5. The fraction of sp³-hybridized carbons (Fsp3) is 0.647. The molecule has 1 unspecified atom stereocenters. The number of likely N-dealkylation sites (tertiary alicyclic amines) is 1. The van der Waals surface area contributed by atoms with Gasteiger partial charge in [0, 0.05) is 13.1 Å². The van der Waals surface area contributed by atoms with E-state index in [4.69, 9.17) is 14.2 Å². The number of benzene rings is 1. The Balaban J connectivity index is 1.92. The first-order chi connectivity index (χ1) is 10.7. The van der Waals surface area contributed by atoms with E-state index < -0.39 is 0 Å². The third-order valence-corrected chi connectivity index (χ3v) is 4.30. The molecule has 0 saturated carbocycles. The van der Waals surface area contributed by atoms with Crippen LogP contribution in [0.4, 0.5) is 0 Å². The van der Waals surface area contributed by atoms with Crippen LogP contribution in [-0.4, -0.2) is 52.4 Å². The number of rotatable bonds is 8. The van der Waals surface area contributed by atoms with Gasteiger partial charge in [-0.1, -0.05) is 6.92 Å². The zero-order valence-electron chi connectivity index (χ0n) is 14.1. The molecule has 2 rings (SSSR count). The molecule has 0 amide bonds. The standard InChI is InChI=1S/C17H28N2O3/c1-5-19-7-6-13(12-19)10-18-11-14-8-15(20-2)17(22-4)16(9-14)21-3/h8-9,13,18H,5-7,10-12H2,1-4H3. The van der Waals surface area contributed by atoms with Crippen LogP contribution in [0.5, 0.6) is 17.2 Å². The van der Waals surface area contributed by atoms with E-state index in [1.54, 1.807) is 21.3 Å². The first-order valence-corrected chi connectivity index (χ1v) is 7.93. The van der Waals surface area contributed by atoms with Crippen molar-refractivity contribution < 1.29 is 14.2 Å². The zero-order chi connectivity index (χ0) is 15.9. The number of nitrogens with zero attached hydrogens (tertiary/aromatic N) is 1. The first-order valence-electron chi connectivity index (χ1n) is 7.93. The summed E-state index contributed by atoms with van der Waals surface area (Å²) in [7, 11) is 4.91. The molecule has 1 aromatic rings. The minimum Gasteiger partial charge on any atom is -0.493 e. The van der Waals surface area contributed by atoms with Crippen LogP contribution in [0.25, 0.3) is 0 Å². The molecular formula is C17H28N2O3. The fourth-order valence-corrected chi connectivity index (χ4v) is 3.02. The van der Waals surface area contributed by atoms with E-state index in [-0.39, 0.29) is 0 Å². The van der Waals surface area contributed by atoms with Crippen molar-refractivity contribution >= 4 is 0 Å². The molecule has 1 N–H and O–H groups in total. The van der Waals surface area contributed by atoms with Crippen LogP contribution in [0.3, 0.4) is 0 Å². The maximum absolute atomic E-state index is 5.39. The van der Waals surface area contributed by atoms with Gasteiger partial charge in [-0.05, 0) is 49.7 Å². The average Bonchev–Trinajstić information content (AvgIpc) is 3.01. The van der Waals surface area contributed by atoms with Crippen LogP contribution in [0.2, 0.25) is 0 Å². The molecule has 22 heavy (non-hydrogen) atoms. The molecule has 0 aliphatic carbocycles. The van der Waals surface area contributed by atoms with Gasteiger partial charge in [-0.2, -0.15) is 0 Å². The van der Waals surface area contributed by atoms with Gasteiger partial charge in [0.25, 0.3) is 0 Å². The maximum atomic E-state index is 5.39. The summed E-state index contributed by atoms with van der Waals surface area (Å²) in [5.41, 5.74) is 1.14. The van der Waals surface area contributed by atoms with Crippen molar-refractivity contribution in [1.29, 1.82) is 0 Å². The van der Waals surface area contributed by atoms with E-state index in [1.807, 2.05) is 12.1 Å². The van der Waals surface area contributed by atoms with Crippen LogP contribution in [-0.2, 0) is 6.54 Å². The van der Waals surface area contributed by atoms with Crippen LogP contribution in [0.15, 0.2) is 12.1 Å². The third kappa shape index (κ3) is 4.05. The number of nitrogens with one attached hydrogen (secondary N) is 1. The third-order valence-electron chi connectivity index (χ3n) is 4.30. The highest BCUT2D eigenvalue weighted by molar-refractivity contribution is 5.53. The van der Waals surface area contributed by atoms with Gasteiger partial charge >= 0.3 is 0 Å². The van der Waals surface area contributed by atoms with Crippen molar-refractivity contribution in [1.82, 2.24) is 10.2 Å². The first kappa shape index (κ1) is 16.9. The van der Waals surface area contributed by atoms with E-state index in [0.29, 0.717) is 17.2 Å². The van der Waals surface area contributed by atoms with Crippen LogP contribution >= 0.6 is 0 Å². The molecule has 1 aromatic carbocycles. The monoisotopic (exact) mass is 308 g/mol. The Hall–Kier alpha value is -1.46. The topological polar surface area (TPSA) is 43.0 Å². The van der Waals surface area contributed by atoms with Crippen molar-refractivity contribution in [3.63, 3.8) is 0 Å². The Labute approximate surface area is 133 Å². The summed E-state index contributed by atoms with van der Waals surface area (Å²) in [6, 6.07) is 4.00. The van der Waals surface area contributed by atoms with Gasteiger partial charge < -0.3 is 24.4 Å². The number of ether oxygens (including phenoxy) is 3. The van der Waals surface area contributed by atoms with Crippen LogP contribution < -0.4 is 19.5 Å². The van der Waals surface area contributed by atoms with Crippen molar-refractivity contribution in [2.45, 2.75) is 19.9 Å². The van der Waals surface area contributed by atoms with Gasteiger partial charge in [0.2, 0.25) is 5.75 Å². The van der Waals surface area contributed by atoms with Crippen molar-refractivity contribution in [3.05, 3.63) is 17.7 Å². The Morgan fingerprint density at radius 2 is 1.82 bits per heavy atom. The second kappa shape index (κ2) is 8.25. The van der Waals surface area contributed by atoms with Gasteiger partial charge in [0.1, 0.15) is 0 Å². The smallest absolute Gasteiger partial charge is 0.203 e. The lowest BCUT2D eigenvalue weighted by Crippen LogP contribution is -2.26. The van der Waals surface area contributed by atoms with Crippen LogP contribution in [0, 0.1) is 5.92 Å². The molecule has 124 valence electrons. The predicted molar refractivity (Wildman–Crippen MR) is 88.0 cm³/mol. The minimum absolute atomic E-state index is 0.642. The molecule has 0 bridgehead atoms. The quantitative estimate of drug-likeness (QED) is 0.797. The Morgan fingerprint density at radius 1 is 1.14 bits per heavy atom. The second-order valence-electron chi connectivity index (χ2n) is 5.71. The van der Waals surface area contributed by atoms with Gasteiger partial charge in [-0.15, -0.1) is 0 Å². The second-order valence-corrected chi connectivity index (χ2v) is 5.71. The molecule has 1 heterocycles. The van der Waals surface area contributed by atoms with Gasteiger partial charge in [-0.3, -0.25) is 0 Å². The van der Waals surface area contributed by atoms with Gasteiger partial charge in [-0.25, -0.2) is 0 Å². The summed E-state index contributed by atoms with van der Waals surface area (Å²) in [6.45, 7) is 7.67. The molecular weight excluding hydrogens is 280 g/mol. The summed E-state index contributed by atoms with van der Waals surface area (Å²) in [5.74, 6) is 2.80. The van der Waals surface area contributed by atoms with Crippen molar-refractivity contribution in [3.8, 4) is 17.2 Å². The molecule has 1 aliphatic heterocycles. The van der Waals surface area contributed by atoms with Gasteiger partial charge in [0.05, 0.1) is 21.3 Å². The molecule has 0 spiro atoms.